The Morgan fingerprint density at radius 1 is 1.11 bits per heavy atom. The van der Waals surface area contributed by atoms with E-state index in [9.17, 15) is 9.36 Å². The van der Waals surface area contributed by atoms with Gasteiger partial charge in [0.05, 0.1) is 11.0 Å². The largest absolute Gasteiger partial charge is 0.325 e. The second-order valence-electron chi connectivity index (χ2n) is 7.38. The van der Waals surface area contributed by atoms with Crippen LogP contribution in [0.3, 0.4) is 0 Å². The molecule has 0 bridgehead atoms. The van der Waals surface area contributed by atoms with Crippen LogP contribution in [0.15, 0.2) is 42.5 Å². The summed E-state index contributed by atoms with van der Waals surface area (Å²) in [5.41, 5.74) is 6.99. The number of aryl methyl sites for hydroxylation is 2. The molecular formula is C21H30NO4PS. The molecule has 1 heterocycles. The van der Waals surface area contributed by atoms with E-state index in [2.05, 4.69) is 12.1 Å². The predicted molar refractivity (Wildman–Crippen MR) is 115 cm³/mol. The van der Waals surface area contributed by atoms with Gasteiger partial charge in [0.2, 0.25) is 0 Å². The van der Waals surface area contributed by atoms with Crippen molar-refractivity contribution in [2.75, 3.05) is 6.16 Å². The summed E-state index contributed by atoms with van der Waals surface area (Å²) in [5.74, 6) is 0.170. The van der Waals surface area contributed by atoms with Crippen LogP contribution in [-0.2, 0) is 17.4 Å². The Bertz CT molecular complexity index is 802. The van der Waals surface area contributed by atoms with E-state index >= 15 is 0 Å². The van der Waals surface area contributed by atoms with E-state index < -0.39 is 13.1 Å². The van der Waals surface area contributed by atoms with Crippen LogP contribution in [0.1, 0.15) is 59.1 Å². The minimum atomic E-state index is -4.04. The van der Waals surface area contributed by atoms with Crippen molar-refractivity contribution in [3.8, 4) is 0 Å². The minimum absolute atomic E-state index is 0.170. The third-order valence-electron chi connectivity index (χ3n) is 5.12. The average molecular weight is 424 g/mol. The topological polar surface area (TPSA) is 101 Å². The number of hydrogen-bond donors (Lipinski definition) is 3. The van der Waals surface area contributed by atoms with Crippen molar-refractivity contribution in [2.45, 2.75) is 57.4 Å². The number of rotatable bonds is 12. The zero-order valence-electron chi connectivity index (χ0n) is 16.3. The average Bonchev–Trinajstić information content (AvgIpc) is 3.14. The first-order valence-corrected chi connectivity index (χ1v) is 12.3. The molecule has 4 N–H and O–H groups in total. The molecule has 1 atom stereocenters. The predicted octanol–water partition coefficient (Wildman–Crippen LogP) is 4.56. The van der Waals surface area contributed by atoms with Crippen molar-refractivity contribution < 1.29 is 19.1 Å². The number of hydrogen-bond acceptors (Lipinski definition) is 4. The zero-order chi connectivity index (χ0) is 20.6. The summed E-state index contributed by atoms with van der Waals surface area (Å²) < 4.78 is 11.1. The molecule has 0 fully saturated rings. The summed E-state index contributed by atoms with van der Waals surface area (Å²) in [6, 6.07) is 14.0. The first kappa shape index (κ1) is 23.0. The summed E-state index contributed by atoms with van der Waals surface area (Å²) in [6.07, 6.45) is 4.39. The minimum Gasteiger partial charge on any atom is -0.325 e. The highest BCUT2D eigenvalue weighted by Gasteiger charge is 2.26. The number of thiophene rings is 1. The van der Waals surface area contributed by atoms with Crippen LogP contribution in [0.2, 0.25) is 0 Å². The Morgan fingerprint density at radius 3 is 2.46 bits per heavy atom. The van der Waals surface area contributed by atoms with Crippen LogP contribution in [-0.4, -0.2) is 27.3 Å². The van der Waals surface area contributed by atoms with Gasteiger partial charge < -0.3 is 15.5 Å². The fourth-order valence-corrected chi connectivity index (χ4v) is 4.81. The lowest BCUT2D eigenvalue weighted by Gasteiger charge is -2.28. The molecule has 0 aliphatic rings. The molecule has 7 heteroatoms. The van der Waals surface area contributed by atoms with E-state index in [-0.39, 0.29) is 11.9 Å². The molecule has 0 aliphatic heterocycles. The molecule has 0 saturated heterocycles. The van der Waals surface area contributed by atoms with Gasteiger partial charge in [-0.2, -0.15) is 0 Å². The number of carbonyl (C=O) groups excluding carboxylic acids is 1. The number of carbonyl (C=O) groups is 1. The molecule has 0 saturated carbocycles. The lowest BCUT2D eigenvalue weighted by Crippen LogP contribution is -2.40. The van der Waals surface area contributed by atoms with Gasteiger partial charge in [0.25, 0.3) is 0 Å². The Morgan fingerprint density at radius 2 is 1.82 bits per heavy atom. The SMILES string of the molecule is CCC(N)(CCc1ccc(C(=O)CCCc2ccccc2)s1)CCP(=O)(O)O. The Balaban J connectivity index is 1.82. The second-order valence-corrected chi connectivity index (χ2v) is 10.3. The van der Waals surface area contributed by atoms with Gasteiger partial charge in [-0.05, 0) is 56.2 Å². The second kappa shape index (κ2) is 10.5. The number of nitrogens with two attached hydrogens (primary N) is 1. The van der Waals surface area contributed by atoms with E-state index in [0.29, 0.717) is 32.1 Å². The number of benzene rings is 1. The quantitative estimate of drug-likeness (QED) is 0.343. The molecule has 0 radical (unpaired) electrons. The molecule has 0 amide bonds. The van der Waals surface area contributed by atoms with Crippen molar-refractivity contribution in [2.24, 2.45) is 5.73 Å². The van der Waals surface area contributed by atoms with Crippen LogP contribution < -0.4 is 5.73 Å². The molecule has 1 unspecified atom stereocenters. The lowest BCUT2D eigenvalue weighted by atomic mass is 9.88. The van der Waals surface area contributed by atoms with Gasteiger partial charge in [0.15, 0.2) is 5.78 Å². The Hall–Kier alpha value is -1.30. The summed E-state index contributed by atoms with van der Waals surface area (Å²) >= 11 is 1.50. The van der Waals surface area contributed by atoms with E-state index in [0.717, 1.165) is 22.6 Å². The smallest absolute Gasteiger partial charge is 0.325 e. The summed E-state index contributed by atoms with van der Waals surface area (Å²) in [5, 5.41) is 0. The molecule has 2 rings (SSSR count). The molecular weight excluding hydrogens is 393 g/mol. The van der Waals surface area contributed by atoms with Gasteiger partial charge in [-0.15, -0.1) is 11.3 Å². The van der Waals surface area contributed by atoms with E-state index in [1.807, 2.05) is 37.3 Å². The highest BCUT2D eigenvalue weighted by Crippen LogP contribution is 2.38. The summed E-state index contributed by atoms with van der Waals surface area (Å²) in [6.45, 7) is 1.94. The van der Waals surface area contributed by atoms with Crippen LogP contribution in [0, 0.1) is 0 Å². The standard InChI is InChI=1S/C21H30NO4PS/c1-2-21(22,15-16-27(24,25)26)14-13-18-11-12-20(28-18)19(23)10-6-9-17-7-4-3-5-8-17/h3-5,7-8,11-12H,2,6,9-10,13-16,22H2,1H3,(H2,24,25,26). The first-order valence-electron chi connectivity index (χ1n) is 9.70. The molecule has 154 valence electrons. The van der Waals surface area contributed by atoms with Gasteiger partial charge in [-0.3, -0.25) is 9.36 Å². The maximum atomic E-state index is 12.4. The van der Waals surface area contributed by atoms with E-state index in [1.54, 1.807) is 0 Å². The van der Waals surface area contributed by atoms with Gasteiger partial charge in [0.1, 0.15) is 0 Å². The van der Waals surface area contributed by atoms with Crippen molar-refractivity contribution >= 4 is 24.7 Å². The van der Waals surface area contributed by atoms with Gasteiger partial charge >= 0.3 is 7.60 Å². The zero-order valence-corrected chi connectivity index (χ0v) is 18.1. The van der Waals surface area contributed by atoms with E-state index in [1.165, 1.54) is 16.9 Å². The number of Topliss-reactive ketones (excluding diaryl/α,β-unsaturated/α-hetero) is 1. The molecule has 0 spiro atoms. The molecule has 2 aromatic rings. The van der Waals surface area contributed by atoms with Crippen LogP contribution in [0.4, 0.5) is 0 Å². The fourth-order valence-electron chi connectivity index (χ4n) is 3.10. The maximum absolute atomic E-state index is 12.4. The van der Waals surface area contributed by atoms with Crippen molar-refractivity contribution in [1.29, 1.82) is 0 Å². The summed E-state index contributed by atoms with van der Waals surface area (Å²) in [7, 11) is -4.04. The summed E-state index contributed by atoms with van der Waals surface area (Å²) in [4.78, 5) is 32.5. The fraction of sp³-hybridized carbons (Fsp3) is 0.476. The van der Waals surface area contributed by atoms with Crippen molar-refractivity contribution in [3.05, 3.63) is 57.8 Å². The van der Waals surface area contributed by atoms with E-state index in [4.69, 9.17) is 15.5 Å². The monoisotopic (exact) mass is 423 g/mol. The van der Waals surface area contributed by atoms with Crippen molar-refractivity contribution in [3.63, 3.8) is 0 Å². The highest BCUT2D eigenvalue weighted by atomic mass is 32.1. The molecule has 5 nitrogen and oxygen atoms in total. The van der Waals surface area contributed by atoms with Crippen molar-refractivity contribution in [1.82, 2.24) is 0 Å². The molecule has 1 aromatic heterocycles. The first-order chi connectivity index (χ1) is 13.2. The number of ketones is 1. The van der Waals surface area contributed by atoms with Crippen LogP contribution in [0.5, 0.6) is 0 Å². The highest BCUT2D eigenvalue weighted by molar-refractivity contribution is 7.51. The van der Waals surface area contributed by atoms with Crippen LogP contribution >= 0.6 is 18.9 Å². The van der Waals surface area contributed by atoms with Gasteiger partial charge in [0, 0.05) is 16.8 Å². The Labute approximate surface area is 171 Å². The third kappa shape index (κ3) is 7.98. The maximum Gasteiger partial charge on any atom is 0.325 e. The molecule has 28 heavy (non-hydrogen) atoms. The van der Waals surface area contributed by atoms with Gasteiger partial charge in [-0.1, -0.05) is 37.3 Å². The molecule has 0 aliphatic carbocycles. The van der Waals surface area contributed by atoms with Gasteiger partial charge in [-0.25, -0.2) is 0 Å². The third-order valence-corrected chi connectivity index (χ3v) is 7.12. The lowest BCUT2D eigenvalue weighted by molar-refractivity contribution is 0.0984. The Kier molecular flexibility index (Phi) is 8.59. The molecule has 1 aromatic carbocycles. The normalized spacial score (nSPS) is 14.0. The van der Waals surface area contributed by atoms with Crippen LogP contribution in [0.25, 0.3) is 0 Å².